The first-order valence-electron chi connectivity index (χ1n) is 9.49. The zero-order valence-corrected chi connectivity index (χ0v) is 15.6. The Balaban J connectivity index is 1.75. The molecule has 0 spiro atoms. The minimum Gasteiger partial charge on any atom is -0.372 e. The van der Waals surface area contributed by atoms with Crippen molar-refractivity contribution in [2.45, 2.75) is 40.0 Å². The molecule has 2 fully saturated rings. The normalized spacial score (nSPS) is 20.4. The van der Waals surface area contributed by atoms with E-state index < -0.39 is 0 Å². The van der Waals surface area contributed by atoms with E-state index in [1.54, 1.807) is 4.90 Å². The van der Waals surface area contributed by atoms with Crippen molar-refractivity contribution < 1.29 is 9.59 Å². The molecule has 2 aliphatic heterocycles. The second-order valence-electron chi connectivity index (χ2n) is 7.08. The monoisotopic (exact) mass is 343 g/mol. The fourth-order valence-corrected chi connectivity index (χ4v) is 4.03. The Bertz CT molecular complexity index is 648. The van der Waals surface area contributed by atoms with Gasteiger partial charge in [-0.25, -0.2) is 0 Å². The first-order valence-corrected chi connectivity index (χ1v) is 9.49. The highest BCUT2D eigenvalue weighted by atomic mass is 16.2. The van der Waals surface area contributed by atoms with Gasteiger partial charge in [0.25, 0.3) is 0 Å². The van der Waals surface area contributed by atoms with Crippen LogP contribution in [-0.4, -0.2) is 49.4 Å². The number of aryl methyl sites for hydroxylation is 1. The van der Waals surface area contributed by atoms with Crippen molar-refractivity contribution in [3.63, 3.8) is 0 Å². The molecule has 0 radical (unpaired) electrons. The Labute approximate surface area is 150 Å². The Hall–Kier alpha value is -2.04. The Morgan fingerprint density at radius 3 is 2.48 bits per heavy atom. The van der Waals surface area contributed by atoms with Gasteiger partial charge < -0.3 is 14.7 Å². The lowest BCUT2D eigenvalue weighted by atomic mass is 10.1. The van der Waals surface area contributed by atoms with Crippen LogP contribution in [0.5, 0.6) is 0 Å². The number of anilines is 2. The van der Waals surface area contributed by atoms with E-state index in [-0.39, 0.29) is 17.7 Å². The van der Waals surface area contributed by atoms with Crippen LogP contribution in [0.1, 0.15) is 38.7 Å². The van der Waals surface area contributed by atoms with Crippen molar-refractivity contribution in [1.29, 1.82) is 0 Å². The number of amides is 2. The molecule has 0 bridgehead atoms. The highest BCUT2D eigenvalue weighted by molar-refractivity contribution is 6.01. The lowest BCUT2D eigenvalue weighted by Gasteiger charge is -2.25. The molecule has 2 saturated heterocycles. The second kappa shape index (κ2) is 7.46. The van der Waals surface area contributed by atoms with Gasteiger partial charge in [-0.1, -0.05) is 0 Å². The molecule has 2 heterocycles. The fraction of sp³-hybridized carbons (Fsp3) is 0.600. The van der Waals surface area contributed by atoms with E-state index in [1.807, 2.05) is 17.9 Å². The van der Waals surface area contributed by atoms with Crippen molar-refractivity contribution in [2.75, 3.05) is 42.5 Å². The summed E-state index contributed by atoms with van der Waals surface area (Å²) in [4.78, 5) is 31.2. The van der Waals surface area contributed by atoms with Crippen LogP contribution < -0.4 is 9.80 Å². The van der Waals surface area contributed by atoms with Gasteiger partial charge in [0.15, 0.2) is 0 Å². The molecule has 5 nitrogen and oxygen atoms in total. The molecule has 1 unspecified atom stereocenters. The molecule has 25 heavy (non-hydrogen) atoms. The number of hydrogen-bond acceptors (Lipinski definition) is 3. The first-order chi connectivity index (χ1) is 12.0. The van der Waals surface area contributed by atoms with Gasteiger partial charge in [0.1, 0.15) is 0 Å². The van der Waals surface area contributed by atoms with E-state index in [0.29, 0.717) is 13.0 Å². The third-order valence-corrected chi connectivity index (χ3v) is 5.49. The third-order valence-electron chi connectivity index (χ3n) is 5.49. The van der Waals surface area contributed by atoms with Crippen LogP contribution in [0.25, 0.3) is 0 Å². The summed E-state index contributed by atoms with van der Waals surface area (Å²) in [6.45, 7) is 10.5. The molecule has 1 aromatic rings. The van der Waals surface area contributed by atoms with Gasteiger partial charge in [0.2, 0.25) is 11.8 Å². The zero-order chi connectivity index (χ0) is 18.0. The van der Waals surface area contributed by atoms with Crippen molar-refractivity contribution in [3.8, 4) is 0 Å². The van der Waals surface area contributed by atoms with Crippen molar-refractivity contribution >= 4 is 23.2 Å². The SMILES string of the molecule is CCN(CC)c1ccc(N2CC(C(=O)N3CCCC3)CC2=O)c(C)c1. The standard InChI is InChI=1S/C20H29N3O2/c1-4-21(5-2)17-8-9-18(15(3)12-17)23-14-16(13-19(23)24)20(25)22-10-6-7-11-22/h8-9,12,16H,4-7,10-11,13-14H2,1-3H3. The predicted molar refractivity (Wildman–Crippen MR) is 101 cm³/mol. The predicted octanol–water partition coefficient (Wildman–Crippen LogP) is 2.82. The maximum atomic E-state index is 12.6. The quantitative estimate of drug-likeness (QED) is 0.826. The summed E-state index contributed by atoms with van der Waals surface area (Å²) in [5.41, 5.74) is 3.22. The van der Waals surface area contributed by atoms with Crippen LogP contribution in [0.3, 0.4) is 0 Å². The van der Waals surface area contributed by atoms with Gasteiger partial charge in [-0.2, -0.15) is 0 Å². The molecular weight excluding hydrogens is 314 g/mol. The van der Waals surface area contributed by atoms with Crippen LogP contribution >= 0.6 is 0 Å². The maximum absolute atomic E-state index is 12.6. The van der Waals surface area contributed by atoms with Gasteiger partial charge in [-0.3, -0.25) is 9.59 Å². The molecule has 1 atom stereocenters. The number of likely N-dealkylation sites (tertiary alicyclic amines) is 1. The summed E-state index contributed by atoms with van der Waals surface area (Å²) in [6, 6.07) is 6.26. The Morgan fingerprint density at radius 2 is 1.88 bits per heavy atom. The Kier molecular flexibility index (Phi) is 5.30. The summed E-state index contributed by atoms with van der Waals surface area (Å²) in [5.74, 6) is 0.0365. The van der Waals surface area contributed by atoms with Crippen LogP contribution in [0.2, 0.25) is 0 Å². The number of benzene rings is 1. The molecule has 0 aromatic heterocycles. The summed E-state index contributed by atoms with van der Waals surface area (Å²) in [7, 11) is 0. The lowest BCUT2D eigenvalue weighted by Crippen LogP contribution is -2.35. The van der Waals surface area contributed by atoms with Crippen LogP contribution in [-0.2, 0) is 9.59 Å². The van der Waals surface area contributed by atoms with Crippen molar-refractivity contribution in [3.05, 3.63) is 23.8 Å². The van der Waals surface area contributed by atoms with E-state index in [4.69, 9.17) is 0 Å². The van der Waals surface area contributed by atoms with E-state index in [0.717, 1.165) is 50.3 Å². The van der Waals surface area contributed by atoms with Crippen LogP contribution in [0, 0.1) is 12.8 Å². The summed E-state index contributed by atoms with van der Waals surface area (Å²) >= 11 is 0. The molecule has 0 saturated carbocycles. The molecule has 2 amide bonds. The van der Waals surface area contributed by atoms with Crippen LogP contribution in [0.4, 0.5) is 11.4 Å². The largest absolute Gasteiger partial charge is 0.372 e. The average molecular weight is 343 g/mol. The average Bonchev–Trinajstić information content (AvgIpc) is 3.26. The number of nitrogens with zero attached hydrogens (tertiary/aromatic N) is 3. The van der Waals surface area contributed by atoms with Crippen LogP contribution in [0.15, 0.2) is 18.2 Å². The van der Waals surface area contributed by atoms with E-state index in [9.17, 15) is 9.59 Å². The molecule has 0 aliphatic carbocycles. The van der Waals surface area contributed by atoms with E-state index in [2.05, 4.69) is 30.9 Å². The first kappa shape index (κ1) is 17.8. The molecular formula is C20H29N3O2. The summed E-state index contributed by atoms with van der Waals surface area (Å²) in [6.07, 6.45) is 2.51. The Morgan fingerprint density at radius 1 is 1.20 bits per heavy atom. The van der Waals surface area contributed by atoms with Gasteiger partial charge >= 0.3 is 0 Å². The molecule has 2 aliphatic rings. The molecule has 1 aromatic carbocycles. The molecule has 5 heteroatoms. The second-order valence-corrected chi connectivity index (χ2v) is 7.08. The molecule has 136 valence electrons. The summed E-state index contributed by atoms with van der Waals surface area (Å²) < 4.78 is 0. The van der Waals surface area contributed by atoms with Crippen molar-refractivity contribution in [1.82, 2.24) is 4.90 Å². The lowest BCUT2D eigenvalue weighted by molar-refractivity contribution is -0.134. The fourth-order valence-electron chi connectivity index (χ4n) is 4.03. The number of carbonyl (C=O) groups is 2. The minimum absolute atomic E-state index is 0.0660. The molecule has 3 rings (SSSR count). The van der Waals surface area contributed by atoms with Gasteiger partial charge in [-0.05, 0) is 57.4 Å². The third kappa shape index (κ3) is 3.51. The summed E-state index contributed by atoms with van der Waals surface area (Å²) in [5, 5.41) is 0. The zero-order valence-electron chi connectivity index (χ0n) is 15.6. The number of hydrogen-bond donors (Lipinski definition) is 0. The minimum atomic E-state index is -0.188. The van der Waals surface area contributed by atoms with E-state index in [1.165, 1.54) is 5.69 Å². The number of rotatable bonds is 5. The highest BCUT2D eigenvalue weighted by Gasteiger charge is 2.38. The van der Waals surface area contributed by atoms with Crippen molar-refractivity contribution in [2.24, 2.45) is 5.92 Å². The van der Waals surface area contributed by atoms with Gasteiger partial charge in [0, 0.05) is 50.5 Å². The topological polar surface area (TPSA) is 43.9 Å². The van der Waals surface area contributed by atoms with E-state index >= 15 is 0 Å². The maximum Gasteiger partial charge on any atom is 0.228 e. The molecule has 0 N–H and O–H groups in total. The van der Waals surface area contributed by atoms with Gasteiger partial charge in [-0.15, -0.1) is 0 Å². The van der Waals surface area contributed by atoms with Gasteiger partial charge in [0.05, 0.1) is 5.92 Å². The smallest absolute Gasteiger partial charge is 0.228 e. The highest BCUT2D eigenvalue weighted by Crippen LogP contribution is 2.31. The number of carbonyl (C=O) groups excluding carboxylic acids is 2.